The van der Waals surface area contributed by atoms with Gasteiger partial charge in [-0.1, -0.05) is 11.8 Å². The van der Waals surface area contributed by atoms with E-state index < -0.39 is 16.7 Å². The minimum Gasteiger partial charge on any atom is -0.478 e. The quantitative estimate of drug-likeness (QED) is 0.648. The van der Waals surface area contributed by atoms with Crippen molar-refractivity contribution in [1.82, 2.24) is 4.98 Å². The second kappa shape index (κ2) is 6.19. The van der Waals surface area contributed by atoms with E-state index in [1.807, 2.05) is 0 Å². The molecular weight excluding hydrogens is 367 g/mol. The molecular formula is C12H6BrFN2O4S. The van der Waals surface area contributed by atoms with E-state index in [2.05, 4.69) is 20.9 Å². The fraction of sp³-hybridized carbons (Fsp3) is 0. The summed E-state index contributed by atoms with van der Waals surface area (Å²) in [5, 5.41) is 20.1. The Hall–Kier alpha value is -2.00. The fourth-order valence-corrected chi connectivity index (χ4v) is 2.62. The lowest BCUT2D eigenvalue weighted by Crippen LogP contribution is -1.97. The van der Waals surface area contributed by atoms with E-state index in [1.165, 1.54) is 12.1 Å². The van der Waals surface area contributed by atoms with Crippen LogP contribution in [0.4, 0.5) is 10.1 Å². The van der Waals surface area contributed by atoms with Crippen molar-refractivity contribution >= 4 is 39.3 Å². The van der Waals surface area contributed by atoms with E-state index in [-0.39, 0.29) is 20.6 Å². The van der Waals surface area contributed by atoms with Crippen LogP contribution in [0, 0.1) is 15.9 Å². The average molecular weight is 373 g/mol. The maximum atomic E-state index is 13.5. The molecule has 1 heterocycles. The second-order valence-electron chi connectivity index (χ2n) is 3.78. The van der Waals surface area contributed by atoms with Crippen molar-refractivity contribution in [1.29, 1.82) is 0 Å². The molecule has 6 nitrogen and oxygen atoms in total. The molecule has 108 valence electrons. The van der Waals surface area contributed by atoms with Crippen molar-refractivity contribution in [3.8, 4) is 0 Å². The molecule has 0 amide bonds. The molecule has 0 atom stereocenters. The standard InChI is InChI=1S/C12H6BrFN2O4S/c13-7-3-9(16(19)20)10(4-8(7)14)21-11-2-1-6(5-15-11)12(17)18/h1-5H,(H,17,18). The maximum absolute atomic E-state index is 13.5. The Bertz CT molecular complexity index is 724. The second-order valence-corrected chi connectivity index (χ2v) is 5.70. The van der Waals surface area contributed by atoms with Crippen LogP contribution in [0.1, 0.15) is 10.4 Å². The molecule has 2 rings (SSSR count). The molecule has 1 aromatic carbocycles. The van der Waals surface area contributed by atoms with Crippen LogP contribution in [0.15, 0.2) is 44.9 Å². The zero-order valence-corrected chi connectivity index (χ0v) is 12.5. The predicted molar refractivity (Wildman–Crippen MR) is 76.1 cm³/mol. The third kappa shape index (κ3) is 3.56. The van der Waals surface area contributed by atoms with E-state index in [0.29, 0.717) is 5.03 Å². The molecule has 0 fully saturated rings. The zero-order valence-electron chi connectivity index (χ0n) is 10.1. The van der Waals surface area contributed by atoms with Crippen molar-refractivity contribution in [2.45, 2.75) is 9.92 Å². The summed E-state index contributed by atoms with van der Waals surface area (Å²) in [5.74, 6) is -1.76. The van der Waals surface area contributed by atoms with Crippen molar-refractivity contribution in [3.63, 3.8) is 0 Å². The normalized spacial score (nSPS) is 10.4. The molecule has 0 aliphatic carbocycles. The Balaban J connectivity index is 2.36. The van der Waals surface area contributed by atoms with E-state index in [4.69, 9.17) is 5.11 Å². The summed E-state index contributed by atoms with van der Waals surface area (Å²) in [7, 11) is 0. The van der Waals surface area contributed by atoms with Crippen molar-refractivity contribution in [2.75, 3.05) is 0 Å². The monoisotopic (exact) mass is 372 g/mol. The summed E-state index contributed by atoms with van der Waals surface area (Å²) in [6.45, 7) is 0. The van der Waals surface area contributed by atoms with E-state index >= 15 is 0 Å². The smallest absolute Gasteiger partial charge is 0.337 e. The van der Waals surface area contributed by atoms with Crippen LogP contribution in [-0.2, 0) is 0 Å². The van der Waals surface area contributed by atoms with Gasteiger partial charge in [0.05, 0.1) is 19.9 Å². The molecule has 1 aromatic heterocycles. The number of nitro benzene ring substituents is 1. The summed E-state index contributed by atoms with van der Waals surface area (Å²) in [5.41, 5.74) is -0.270. The number of carbonyl (C=O) groups is 1. The van der Waals surface area contributed by atoms with Gasteiger partial charge in [-0.05, 0) is 34.1 Å². The largest absolute Gasteiger partial charge is 0.478 e. The lowest BCUT2D eigenvalue weighted by molar-refractivity contribution is -0.387. The molecule has 0 spiro atoms. The molecule has 21 heavy (non-hydrogen) atoms. The number of nitrogens with zero attached hydrogens (tertiary/aromatic N) is 2. The number of benzene rings is 1. The Morgan fingerprint density at radius 3 is 2.67 bits per heavy atom. The van der Waals surface area contributed by atoms with Crippen LogP contribution in [0.5, 0.6) is 0 Å². The van der Waals surface area contributed by atoms with Crippen LogP contribution >= 0.6 is 27.7 Å². The van der Waals surface area contributed by atoms with Gasteiger partial charge in [0.25, 0.3) is 5.69 Å². The number of hydrogen-bond donors (Lipinski definition) is 1. The molecule has 2 aromatic rings. The SMILES string of the molecule is O=C(O)c1ccc(Sc2cc(F)c(Br)cc2[N+](=O)[O-])nc1. The van der Waals surface area contributed by atoms with Crippen LogP contribution in [0.25, 0.3) is 0 Å². The van der Waals surface area contributed by atoms with Crippen LogP contribution in [-0.4, -0.2) is 21.0 Å². The molecule has 1 N–H and O–H groups in total. The van der Waals surface area contributed by atoms with Crippen molar-refractivity contribution in [3.05, 3.63) is 56.4 Å². The first-order chi connectivity index (χ1) is 9.88. The molecule has 0 saturated carbocycles. The van der Waals surface area contributed by atoms with Gasteiger partial charge >= 0.3 is 5.97 Å². The van der Waals surface area contributed by atoms with Gasteiger partial charge in [0.2, 0.25) is 0 Å². The summed E-state index contributed by atoms with van der Waals surface area (Å²) >= 11 is 3.77. The van der Waals surface area contributed by atoms with Gasteiger partial charge in [-0.2, -0.15) is 0 Å². The number of nitro groups is 1. The Labute approximate surface area is 130 Å². The molecule has 0 saturated heterocycles. The minimum atomic E-state index is -1.13. The van der Waals surface area contributed by atoms with Gasteiger partial charge in [-0.15, -0.1) is 0 Å². The summed E-state index contributed by atoms with van der Waals surface area (Å²) < 4.78 is 13.5. The van der Waals surface area contributed by atoms with Crippen LogP contribution < -0.4 is 0 Å². The van der Waals surface area contributed by atoms with Gasteiger partial charge in [-0.25, -0.2) is 14.2 Å². The number of hydrogen-bond acceptors (Lipinski definition) is 5. The third-order valence-electron chi connectivity index (χ3n) is 2.40. The Morgan fingerprint density at radius 2 is 2.14 bits per heavy atom. The van der Waals surface area contributed by atoms with Gasteiger partial charge in [0, 0.05) is 12.3 Å². The number of rotatable bonds is 4. The Morgan fingerprint density at radius 1 is 1.43 bits per heavy atom. The Kier molecular flexibility index (Phi) is 4.53. The highest BCUT2D eigenvalue weighted by Crippen LogP contribution is 2.36. The van der Waals surface area contributed by atoms with E-state index in [1.54, 1.807) is 0 Å². The zero-order chi connectivity index (χ0) is 15.6. The molecule has 0 unspecified atom stereocenters. The summed E-state index contributed by atoms with van der Waals surface area (Å²) in [6, 6.07) is 4.82. The first-order valence-electron chi connectivity index (χ1n) is 5.39. The number of carboxylic acids is 1. The number of aromatic carboxylic acids is 1. The van der Waals surface area contributed by atoms with E-state index in [9.17, 15) is 19.3 Å². The number of aromatic nitrogens is 1. The molecule has 0 bridgehead atoms. The lowest BCUT2D eigenvalue weighted by atomic mass is 10.3. The number of carboxylic acid groups (broad SMARTS) is 1. The van der Waals surface area contributed by atoms with Gasteiger partial charge in [0.1, 0.15) is 10.8 Å². The molecule has 0 radical (unpaired) electrons. The molecule has 0 aliphatic rings. The molecule has 0 aliphatic heterocycles. The number of halogens is 2. The van der Waals surface area contributed by atoms with Gasteiger partial charge in [0.15, 0.2) is 0 Å². The molecule has 9 heteroatoms. The number of pyridine rings is 1. The predicted octanol–water partition coefficient (Wildman–Crippen LogP) is 3.74. The third-order valence-corrected chi connectivity index (χ3v) is 4.00. The van der Waals surface area contributed by atoms with Gasteiger partial charge in [-0.3, -0.25) is 10.1 Å². The van der Waals surface area contributed by atoms with Gasteiger partial charge < -0.3 is 5.11 Å². The lowest BCUT2D eigenvalue weighted by Gasteiger charge is -2.04. The fourth-order valence-electron chi connectivity index (χ4n) is 1.42. The maximum Gasteiger partial charge on any atom is 0.337 e. The highest BCUT2D eigenvalue weighted by molar-refractivity contribution is 9.10. The highest BCUT2D eigenvalue weighted by atomic mass is 79.9. The van der Waals surface area contributed by atoms with Crippen LogP contribution in [0.2, 0.25) is 0 Å². The topological polar surface area (TPSA) is 93.3 Å². The first-order valence-corrected chi connectivity index (χ1v) is 7.00. The average Bonchev–Trinajstić information content (AvgIpc) is 2.43. The van der Waals surface area contributed by atoms with Crippen molar-refractivity contribution < 1.29 is 19.2 Å². The summed E-state index contributed by atoms with van der Waals surface area (Å²) in [6.07, 6.45) is 1.13. The minimum absolute atomic E-state index is 0.00386. The first kappa shape index (κ1) is 15.4. The van der Waals surface area contributed by atoms with E-state index in [0.717, 1.165) is 30.1 Å². The van der Waals surface area contributed by atoms with Crippen LogP contribution in [0.3, 0.4) is 0 Å². The van der Waals surface area contributed by atoms with Crippen molar-refractivity contribution in [2.24, 2.45) is 0 Å². The summed E-state index contributed by atoms with van der Waals surface area (Å²) in [4.78, 5) is 25.0. The highest BCUT2D eigenvalue weighted by Gasteiger charge is 2.19.